The molecule has 1 fully saturated rings. The lowest BCUT2D eigenvalue weighted by Crippen LogP contribution is -2.12. The number of hydrogen-bond donors (Lipinski definition) is 1. The zero-order valence-electron chi connectivity index (χ0n) is 7.13. The molecule has 0 spiro atoms. The molecule has 13 heavy (non-hydrogen) atoms. The highest BCUT2D eigenvalue weighted by atomic mass is 127. The van der Waals surface area contributed by atoms with E-state index in [2.05, 4.69) is 56.7 Å². The van der Waals surface area contributed by atoms with E-state index in [4.69, 9.17) is 5.73 Å². The molecule has 1 saturated carbocycles. The van der Waals surface area contributed by atoms with Crippen molar-refractivity contribution in [1.82, 2.24) is 0 Å². The minimum Gasteiger partial charge on any atom is -0.324 e. The van der Waals surface area contributed by atoms with Crippen molar-refractivity contribution in [1.29, 1.82) is 0 Å². The van der Waals surface area contributed by atoms with Gasteiger partial charge in [0.2, 0.25) is 0 Å². The van der Waals surface area contributed by atoms with Gasteiger partial charge in [0.05, 0.1) is 0 Å². The summed E-state index contributed by atoms with van der Waals surface area (Å²) in [4.78, 5) is 0. The lowest BCUT2D eigenvalue weighted by atomic mass is 10.0. The average Bonchev–Trinajstić information content (AvgIpc) is 2.91. The second-order valence-corrected chi connectivity index (χ2v) is 5.55. The minimum absolute atomic E-state index is 0.251. The summed E-state index contributed by atoms with van der Waals surface area (Å²) in [5.74, 6) is 0.733. The first-order chi connectivity index (χ1) is 6.18. The number of benzene rings is 1. The first kappa shape index (κ1) is 9.93. The molecule has 1 aliphatic carbocycles. The predicted molar refractivity (Wildman–Crippen MR) is 66.5 cm³/mol. The van der Waals surface area contributed by atoms with Crippen LogP contribution in [0.5, 0.6) is 0 Å². The third-order valence-corrected chi connectivity index (χ3v) is 4.78. The van der Waals surface area contributed by atoms with Crippen LogP contribution >= 0.6 is 38.5 Å². The Labute approximate surface area is 100 Å². The number of hydrogen-bond acceptors (Lipinski definition) is 1. The van der Waals surface area contributed by atoms with E-state index in [-0.39, 0.29) is 6.04 Å². The van der Waals surface area contributed by atoms with E-state index in [1.165, 1.54) is 22.0 Å². The van der Waals surface area contributed by atoms with Crippen LogP contribution in [0.15, 0.2) is 22.7 Å². The van der Waals surface area contributed by atoms with Gasteiger partial charge in [0.15, 0.2) is 0 Å². The molecule has 0 bridgehead atoms. The van der Waals surface area contributed by atoms with Gasteiger partial charge in [0, 0.05) is 14.1 Å². The summed E-state index contributed by atoms with van der Waals surface area (Å²) < 4.78 is 2.39. The molecule has 3 heteroatoms. The largest absolute Gasteiger partial charge is 0.324 e. The monoisotopic (exact) mass is 351 g/mol. The van der Waals surface area contributed by atoms with E-state index < -0.39 is 0 Å². The summed E-state index contributed by atoms with van der Waals surface area (Å²) in [6.45, 7) is 0. The lowest BCUT2D eigenvalue weighted by molar-refractivity contribution is 0.633. The van der Waals surface area contributed by atoms with Crippen molar-refractivity contribution in [3.05, 3.63) is 31.8 Å². The molecular weight excluding hydrogens is 341 g/mol. The summed E-state index contributed by atoms with van der Waals surface area (Å²) in [5.41, 5.74) is 7.37. The van der Waals surface area contributed by atoms with Gasteiger partial charge in [0.1, 0.15) is 0 Å². The van der Waals surface area contributed by atoms with E-state index in [0.717, 1.165) is 10.4 Å². The highest BCUT2D eigenvalue weighted by Gasteiger charge is 2.29. The molecule has 1 nitrogen and oxygen atoms in total. The smallest absolute Gasteiger partial charge is 0.0323 e. The van der Waals surface area contributed by atoms with Gasteiger partial charge in [0.25, 0.3) is 0 Å². The fraction of sp³-hybridized carbons (Fsp3) is 0.400. The predicted octanol–water partition coefficient (Wildman–Crippen LogP) is 3.46. The molecule has 0 unspecified atom stereocenters. The molecule has 70 valence electrons. The SMILES string of the molecule is N[C@H](c1ccc(Br)c(I)c1)C1CC1. The highest BCUT2D eigenvalue weighted by Crippen LogP contribution is 2.40. The standard InChI is InChI=1S/C10H11BrIN/c11-8-4-3-7(5-9(8)12)10(13)6-1-2-6/h3-6,10H,1-2,13H2/t10-/m0/s1. The Bertz CT molecular complexity index is 323. The second-order valence-electron chi connectivity index (χ2n) is 3.54. The summed E-state index contributed by atoms with van der Waals surface area (Å²) in [6.07, 6.45) is 2.60. The Hall–Kier alpha value is 0.390. The van der Waals surface area contributed by atoms with Gasteiger partial charge in [-0.15, -0.1) is 0 Å². The summed E-state index contributed by atoms with van der Waals surface area (Å²) in [7, 11) is 0. The molecule has 0 saturated heterocycles. The quantitative estimate of drug-likeness (QED) is 0.811. The van der Waals surface area contributed by atoms with Crippen LogP contribution in [-0.2, 0) is 0 Å². The van der Waals surface area contributed by atoms with E-state index in [1.54, 1.807) is 0 Å². The molecule has 2 N–H and O–H groups in total. The van der Waals surface area contributed by atoms with Gasteiger partial charge in [-0.2, -0.15) is 0 Å². The van der Waals surface area contributed by atoms with E-state index in [9.17, 15) is 0 Å². The molecule has 1 atom stereocenters. The van der Waals surface area contributed by atoms with Crippen LogP contribution in [0.25, 0.3) is 0 Å². The van der Waals surface area contributed by atoms with Crippen molar-refractivity contribution in [2.24, 2.45) is 11.7 Å². The Kier molecular flexibility index (Phi) is 2.95. The normalized spacial score (nSPS) is 18.7. The van der Waals surface area contributed by atoms with Gasteiger partial charge in [-0.3, -0.25) is 0 Å². The highest BCUT2D eigenvalue weighted by molar-refractivity contribution is 14.1. The van der Waals surface area contributed by atoms with Crippen LogP contribution in [0.3, 0.4) is 0 Å². The van der Waals surface area contributed by atoms with E-state index in [0.29, 0.717) is 0 Å². The van der Waals surface area contributed by atoms with Crippen LogP contribution in [-0.4, -0.2) is 0 Å². The van der Waals surface area contributed by atoms with Crippen LogP contribution < -0.4 is 5.73 Å². The number of rotatable bonds is 2. The van der Waals surface area contributed by atoms with Crippen molar-refractivity contribution in [2.45, 2.75) is 18.9 Å². The van der Waals surface area contributed by atoms with Crippen LogP contribution in [0, 0.1) is 9.49 Å². The molecule has 0 radical (unpaired) electrons. The maximum absolute atomic E-state index is 6.10. The molecular formula is C10H11BrIN. The Morgan fingerprint density at radius 2 is 2.15 bits per heavy atom. The average molecular weight is 352 g/mol. The first-order valence-electron chi connectivity index (χ1n) is 4.39. The molecule has 0 heterocycles. The molecule has 1 aromatic rings. The Morgan fingerprint density at radius 1 is 1.46 bits per heavy atom. The van der Waals surface area contributed by atoms with Crippen LogP contribution in [0.1, 0.15) is 24.4 Å². The fourth-order valence-electron chi connectivity index (χ4n) is 1.45. The zero-order valence-corrected chi connectivity index (χ0v) is 10.9. The third-order valence-electron chi connectivity index (χ3n) is 2.46. The molecule has 0 aliphatic heterocycles. The minimum atomic E-state index is 0.251. The fourth-order valence-corrected chi connectivity index (χ4v) is 2.23. The number of nitrogens with two attached hydrogens (primary N) is 1. The van der Waals surface area contributed by atoms with Gasteiger partial charge in [-0.1, -0.05) is 6.07 Å². The van der Waals surface area contributed by atoms with E-state index >= 15 is 0 Å². The van der Waals surface area contributed by atoms with E-state index in [1.807, 2.05) is 0 Å². The summed E-state index contributed by atoms with van der Waals surface area (Å²) in [5, 5.41) is 0. The Morgan fingerprint density at radius 3 is 2.69 bits per heavy atom. The van der Waals surface area contributed by atoms with Gasteiger partial charge in [-0.05, 0) is 75.0 Å². The molecule has 1 aromatic carbocycles. The Balaban J connectivity index is 2.24. The second kappa shape index (κ2) is 3.87. The summed E-state index contributed by atoms with van der Waals surface area (Å²) >= 11 is 5.81. The van der Waals surface area contributed by atoms with Crippen molar-refractivity contribution in [2.75, 3.05) is 0 Å². The molecule has 2 rings (SSSR count). The van der Waals surface area contributed by atoms with Gasteiger partial charge >= 0.3 is 0 Å². The third kappa shape index (κ3) is 2.25. The lowest BCUT2D eigenvalue weighted by Gasteiger charge is -2.11. The van der Waals surface area contributed by atoms with Crippen molar-refractivity contribution < 1.29 is 0 Å². The zero-order chi connectivity index (χ0) is 9.42. The topological polar surface area (TPSA) is 26.0 Å². The van der Waals surface area contributed by atoms with Crippen molar-refractivity contribution in [3.8, 4) is 0 Å². The van der Waals surface area contributed by atoms with Crippen molar-refractivity contribution >= 4 is 38.5 Å². The van der Waals surface area contributed by atoms with Gasteiger partial charge < -0.3 is 5.73 Å². The number of halogens is 2. The van der Waals surface area contributed by atoms with Gasteiger partial charge in [-0.25, -0.2) is 0 Å². The van der Waals surface area contributed by atoms with Crippen LogP contribution in [0.2, 0.25) is 0 Å². The molecule has 1 aliphatic rings. The maximum Gasteiger partial charge on any atom is 0.0323 e. The van der Waals surface area contributed by atoms with Crippen molar-refractivity contribution in [3.63, 3.8) is 0 Å². The van der Waals surface area contributed by atoms with Crippen LogP contribution in [0.4, 0.5) is 0 Å². The maximum atomic E-state index is 6.10. The summed E-state index contributed by atoms with van der Waals surface area (Å²) in [6, 6.07) is 6.63. The molecule has 0 aromatic heterocycles. The first-order valence-corrected chi connectivity index (χ1v) is 6.26. The molecule has 0 amide bonds.